The van der Waals surface area contributed by atoms with Gasteiger partial charge in [0.05, 0.1) is 12.3 Å². The average molecular weight is 466 g/mol. The average Bonchev–Trinajstić information content (AvgIpc) is 3.32. The van der Waals surface area contributed by atoms with E-state index in [0.717, 1.165) is 35.5 Å². The van der Waals surface area contributed by atoms with Gasteiger partial charge in [-0.3, -0.25) is 14.5 Å². The van der Waals surface area contributed by atoms with E-state index in [0.29, 0.717) is 24.5 Å². The number of rotatable bonds is 8. The first-order valence-corrected chi connectivity index (χ1v) is 11.9. The van der Waals surface area contributed by atoms with Gasteiger partial charge in [0, 0.05) is 5.38 Å². The number of imide groups is 1. The highest BCUT2D eigenvalue weighted by molar-refractivity contribution is 7.11. The molecule has 1 saturated heterocycles. The molecule has 1 N–H and O–H groups in total. The second-order valence-corrected chi connectivity index (χ2v) is 9.90. The van der Waals surface area contributed by atoms with E-state index in [4.69, 9.17) is 9.47 Å². The van der Waals surface area contributed by atoms with Crippen LogP contribution >= 0.6 is 11.3 Å². The number of carbonyl (C=O) groups excluding carboxylic acids is 4. The van der Waals surface area contributed by atoms with E-state index in [-0.39, 0.29) is 29.5 Å². The van der Waals surface area contributed by atoms with Crippen LogP contribution in [0.1, 0.15) is 75.3 Å². The van der Waals surface area contributed by atoms with Crippen molar-refractivity contribution >= 4 is 35.2 Å². The minimum atomic E-state index is -0.916. The highest BCUT2D eigenvalue weighted by atomic mass is 32.1. The maximum Gasteiger partial charge on any atom is 0.367 e. The zero-order valence-corrected chi connectivity index (χ0v) is 19.9. The van der Waals surface area contributed by atoms with Gasteiger partial charge in [0.2, 0.25) is 5.01 Å². The van der Waals surface area contributed by atoms with Crippen LogP contribution in [-0.4, -0.2) is 52.5 Å². The molecule has 1 aliphatic heterocycles. The Hall–Kier alpha value is -2.49. The number of nitrogens with zero attached hydrogens (tertiary/aromatic N) is 2. The second-order valence-electron chi connectivity index (χ2n) is 9.05. The molecule has 2 heterocycles. The molecule has 32 heavy (non-hydrogen) atoms. The molecular weight excluding hydrogens is 434 g/mol. The molecule has 0 atom stereocenters. The fraction of sp³-hybridized carbons (Fsp3) is 0.682. The molecule has 10 heteroatoms. The van der Waals surface area contributed by atoms with Crippen LogP contribution in [0.5, 0.6) is 0 Å². The lowest BCUT2D eigenvalue weighted by Crippen LogP contribution is -2.51. The van der Waals surface area contributed by atoms with Crippen LogP contribution in [0.15, 0.2) is 5.38 Å². The molecular formula is C22H31N3O6S. The molecule has 0 radical (unpaired) electrons. The van der Waals surface area contributed by atoms with Crippen LogP contribution in [0.2, 0.25) is 0 Å². The molecule has 0 bridgehead atoms. The van der Waals surface area contributed by atoms with Crippen molar-refractivity contribution in [3.05, 3.63) is 16.1 Å². The number of ether oxygens (including phenoxy) is 2. The van der Waals surface area contributed by atoms with Gasteiger partial charge < -0.3 is 14.8 Å². The van der Waals surface area contributed by atoms with Gasteiger partial charge in [0.15, 0.2) is 0 Å². The number of urea groups is 1. The van der Waals surface area contributed by atoms with E-state index in [1.807, 2.05) is 0 Å². The number of hydrogen-bond donors (Lipinski definition) is 1. The maximum absolute atomic E-state index is 13.0. The Bertz CT molecular complexity index is 888. The number of nitrogens with one attached hydrogen (secondary N) is 1. The smallest absolute Gasteiger partial charge is 0.367 e. The van der Waals surface area contributed by atoms with Crippen LogP contribution in [0, 0.1) is 11.3 Å². The van der Waals surface area contributed by atoms with Crippen molar-refractivity contribution in [2.75, 3.05) is 13.2 Å². The van der Waals surface area contributed by atoms with Crippen molar-refractivity contribution in [2.24, 2.45) is 11.3 Å². The topological polar surface area (TPSA) is 115 Å². The molecule has 9 nitrogen and oxygen atoms in total. The second kappa shape index (κ2) is 9.56. The summed E-state index contributed by atoms with van der Waals surface area (Å²) in [6, 6.07) is -0.557. The number of aromatic nitrogens is 1. The number of thiazole rings is 1. The monoisotopic (exact) mass is 465 g/mol. The van der Waals surface area contributed by atoms with Crippen LogP contribution in [0.25, 0.3) is 0 Å². The Kier molecular flexibility index (Phi) is 7.22. The first-order valence-electron chi connectivity index (χ1n) is 11.0. The van der Waals surface area contributed by atoms with Crippen molar-refractivity contribution in [3.8, 4) is 0 Å². The standard InChI is InChI=1S/C22H31N3O6S/c1-5-21(3,4)14-7-9-22(10-8-14)19(28)25(20(29)24-22)11-16(26)31-12-15-13-32-17(23-15)18(27)30-6-2/h13-14H,5-12H2,1-4H3,(H,24,29). The van der Waals surface area contributed by atoms with Gasteiger partial charge in [0.1, 0.15) is 18.7 Å². The van der Waals surface area contributed by atoms with Crippen molar-refractivity contribution in [1.29, 1.82) is 0 Å². The molecule has 2 fully saturated rings. The van der Waals surface area contributed by atoms with Gasteiger partial charge in [-0.15, -0.1) is 11.3 Å². The summed E-state index contributed by atoms with van der Waals surface area (Å²) in [7, 11) is 0. The molecule has 3 amide bonds. The Labute approximate surface area is 191 Å². The highest BCUT2D eigenvalue weighted by Gasteiger charge is 2.53. The van der Waals surface area contributed by atoms with E-state index in [1.165, 1.54) is 0 Å². The van der Waals surface area contributed by atoms with Crippen molar-refractivity contribution in [1.82, 2.24) is 15.2 Å². The predicted molar refractivity (Wildman–Crippen MR) is 117 cm³/mol. The maximum atomic E-state index is 13.0. The van der Waals surface area contributed by atoms with Crippen LogP contribution in [0.3, 0.4) is 0 Å². The van der Waals surface area contributed by atoms with Crippen LogP contribution < -0.4 is 5.32 Å². The Morgan fingerprint density at radius 1 is 1.25 bits per heavy atom. The molecule has 3 rings (SSSR count). The lowest BCUT2D eigenvalue weighted by molar-refractivity contribution is -0.149. The Morgan fingerprint density at radius 3 is 2.56 bits per heavy atom. The molecule has 2 aliphatic rings. The largest absolute Gasteiger partial charge is 0.461 e. The van der Waals surface area contributed by atoms with Crippen molar-refractivity contribution in [3.63, 3.8) is 0 Å². The summed E-state index contributed by atoms with van der Waals surface area (Å²) in [6.07, 6.45) is 3.93. The number of amides is 3. The molecule has 1 aromatic rings. The number of hydrogen-bond acceptors (Lipinski definition) is 8. The third-order valence-electron chi connectivity index (χ3n) is 6.77. The van der Waals surface area contributed by atoms with E-state index in [9.17, 15) is 19.2 Å². The summed E-state index contributed by atoms with van der Waals surface area (Å²) >= 11 is 1.10. The lowest BCUT2D eigenvalue weighted by Gasteiger charge is -2.42. The predicted octanol–water partition coefficient (Wildman–Crippen LogP) is 3.28. The highest BCUT2D eigenvalue weighted by Crippen LogP contribution is 2.45. The summed E-state index contributed by atoms with van der Waals surface area (Å²) in [5.74, 6) is -1.10. The molecule has 1 saturated carbocycles. The Balaban J connectivity index is 1.53. The first-order chi connectivity index (χ1) is 15.1. The third-order valence-corrected chi connectivity index (χ3v) is 7.64. The molecule has 176 valence electrons. The molecule has 0 aromatic carbocycles. The van der Waals surface area contributed by atoms with Gasteiger partial charge in [-0.2, -0.15) is 0 Å². The molecule has 1 aromatic heterocycles. The fourth-order valence-corrected chi connectivity index (χ4v) is 5.02. The Morgan fingerprint density at radius 2 is 1.94 bits per heavy atom. The normalized spacial score (nSPS) is 23.4. The fourth-order valence-electron chi connectivity index (χ4n) is 4.33. The quantitative estimate of drug-likeness (QED) is 0.463. The number of esters is 2. The SMILES string of the molecule is CCOC(=O)c1nc(COC(=O)CN2C(=O)NC3(CCC(C(C)(C)CC)CC3)C2=O)cs1. The van der Waals surface area contributed by atoms with Crippen molar-refractivity contribution in [2.45, 2.75) is 71.9 Å². The van der Waals surface area contributed by atoms with Crippen LogP contribution in [0.4, 0.5) is 4.79 Å². The molecule has 1 aliphatic carbocycles. The van der Waals surface area contributed by atoms with Crippen LogP contribution in [-0.2, 0) is 25.7 Å². The third kappa shape index (κ3) is 4.95. The van der Waals surface area contributed by atoms with Gasteiger partial charge in [-0.05, 0) is 43.9 Å². The summed E-state index contributed by atoms with van der Waals surface area (Å²) in [6.45, 7) is 7.99. The minimum absolute atomic E-state index is 0.155. The van der Waals surface area contributed by atoms with Gasteiger partial charge in [-0.25, -0.2) is 14.6 Å². The zero-order valence-electron chi connectivity index (χ0n) is 19.1. The summed E-state index contributed by atoms with van der Waals surface area (Å²) in [4.78, 5) is 54.5. The summed E-state index contributed by atoms with van der Waals surface area (Å²) < 4.78 is 10.0. The van der Waals surface area contributed by atoms with E-state index < -0.39 is 30.1 Å². The lowest BCUT2D eigenvalue weighted by atomic mass is 9.65. The zero-order chi connectivity index (χ0) is 23.5. The van der Waals surface area contributed by atoms with Gasteiger partial charge in [-0.1, -0.05) is 27.2 Å². The molecule has 0 unspecified atom stereocenters. The van der Waals surface area contributed by atoms with E-state index >= 15 is 0 Å². The summed E-state index contributed by atoms with van der Waals surface area (Å²) in [5.41, 5.74) is -0.322. The minimum Gasteiger partial charge on any atom is -0.461 e. The van der Waals surface area contributed by atoms with Crippen molar-refractivity contribution < 1.29 is 28.7 Å². The number of carbonyl (C=O) groups is 4. The van der Waals surface area contributed by atoms with Gasteiger partial charge in [0.25, 0.3) is 5.91 Å². The molecule has 1 spiro atoms. The first kappa shape index (κ1) is 24.2. The summed E-state index contributed by atoms with van der Waals surface area (Å²) in [5, 5.41) is 4.61. The van der Waals surface area contributed by atoms with E-state index in [1.54, 1.807) is 12.3 Å². The van der Waals surface area contributed by atoms with E-state index in [2.05, 4.69) is 31.1 Å². The van der Waals surface area contributed by atoms with Gasteiger partial charge >= 0.3 is 18.0 Å².